The van der Waals surface area contributed by atoms with E-state index in [1.165, 1.54) is 31.3 Å². The van der Waals surface area contributed by atoms with E-state index in [-0.39, 0.29) is 5.60 Å². The standard InChI is InChI=1S/C25H32O2/c1-3-15-12-16-13-17(26)6-7-18(16)19-8-10-24(4-2)23(22(15)19)20-14-21(20)25(24)9-5-11-27-25/h3,5,9,13,15,18-23H,1,4,6-8,10-12,14H2,2H3/t15?,18-,19?,20?,21?,22?,23?,24-,25-/m0/s1. The van der Waals surface area contributed by atoms with E-state index in [4.69, 9.17) is 4.74 Å². The van der Waals surface area contributed by atoms with Crippen molar-refractivity contribution in [1.29, 1.82) is 0 Å². The fourth-order valence-corrected chi connectivity index (χ4v) is 9.00. The van der Waals surface area contributed by atoms with Crippen LogP contribution in [0.2, 0.25) is 0 Å². The van der Waals surface area contributed by atoms with Gasteiger partial charge in [0.25, 0.3) is 0 Å². The highest BCUT2D eigenvalue weighted by Crippen LogP contribution is 2.79. The van der Waals surface area contributed by atoms with Crippen molar-refractivity contribution >= 4 is 5.78 Å². The zero-order chi connectivity index (χ0) is 18.4. The van der Waals surface area contributed by atoms with Gasteiger partial charge < -0.3 is 4.74 Å². The van der Waals surface area contributed by atoms with Crippen molar-refractivity contribution in [3.63, 3.8) is 0 Å². The van der Waals surface area contributed by atoms with Crippen molar-refractivity contribution in [2.24, 2.45) is 46.8 Å². The molecule has 9 atom stereocenters. The highest BCUT2D eigenvalue weighted by molar-refractivity contribution is 5.91. The third-order valence-corrected chi connectivity index (χ3v) is 9.83. The molecular weight excluding hydrogens is 332 g/mol. The maximum atomic E-state index is 12.1. The normalized spacial score (nSPS) is 54.8. The van der Waals surface area contributed by atoms with Gasteiger partial charge in [0.15, 0.2) is 5.78 Å². The molecule has 1 spiro atoms. The first kappa shape index (κ1) is 16.8. The number of hydrogen-bond acceptors (Lipinski definition) is 2. The Labute approximate surface area is 163 Å². The SMILES string of the molecule is C=CC1CC2=CC(=O)CC[C@@H]2C2CC[C@@]3(CC)C(C4CC4[C@@]34C=CCO4)C12. The molecule has 2 nitrogen and oxygen atoms in total. The minimum atomic E-state index is 0.0341. The molecule has 0 N–H and O–H groups in total. The van der Waals surface area contributed by atoms with Gasteiger partial charge >= 0.3 is 0 Å². The summed E-state index contributed by atoms with van der Waals surface area (Å²) >= 11 is 0. The predicted octanol–water partition coefficient (Wildman–Crippen LogP) is 5.11. The van der Waals surface area contributed by atoms with E-state index in [0.29, 0.717) is 23.0 Å². The molecule has 27 heavy (non-hydrogen) atoms. The molecule has 0 radical (unpaired) electrons. The Morgan fingerprint density at radius 3 is 2.96 bits per heavy atom. The van der Waals surface area contributed by atoms with E-state index in [9.17, 15) is 4.79 Å². The Morgan fingerprint density at radius 1 is 1.33 bits per heavy atom. The molecule has 1 aliphatic heterocycles. The highest BCUT2D eigenvalue weighted by Gasteiger charge is 2.77. The molecule has 6 unspecified atom stereocenters. The van der Waals surface area contributed by atoms with Crippen molar-refractivity contribution in [2.75, 3.05) is 6.61 Å². The molecule has 0 bridgehead atoms. The first-order valence-electron chi connectivity index (χ1n) is 11.3. The van der Waals surface area contributed by atoms with Crippen molar-refractivity contribution < 1.29 is 9.53 Å². The number of fused-ring (bicyclic) bond motifs is 9. The van der Waals surface area contributed by atoms with Crippen LogP contribution in [0.25, 0.3) is 0 Å². The Kier molecular flexibility index (Phi) is 3.40. The molecule has 0 aromatic carbocycles. The largest absolute Gasteiger partial charge is 0.366 e. The smallest absolute Gasteiger partial charge is 0.155 e. The summed E-state index contributed by atoms with van der Waals surface area (Å²) in [5.74, 6) is 5.47. The molecule has 6 aliphatic rings. The molecule has 5 aliphatic carbocycles. The van der Waals surface area contributed by atoms with Crippen LogP contribution in [-0.4, -0.2) is 18.0 Å². The summed E-state index contributed by atoms with van der Waals surface area (Å²) in [6, 6.07) is 0. The minimum Gasteiger partial charge on any atom is -0.366 e. The van der Waals surface area contributed by atoms with Gasteiger partial charge in [-0.05, 0) is 86.0 Å². The molecular formula is C25H32O2. The summed E-state index contributed by atoms with van der Waals surface area (Å²) in [5.41, 5.74) is 1.83. The maximum Gasteiger partial charge on any atom is 0.155 e. The van der Waals surface area contributed by atoms with Crippen LogP contribution in [0, 0.1) is 46.8 Å². The molecule has 4 fully saturated rings. The highest BCUT2D eigenvalue weighted by atomic mass is 16.5. The van der Waals surface area contributed by atoms with E-state index in [0.717, 1.165) is 55.5 Å². The lowest BCUT2D eigenvalue weighted by Gasteiger charge is -2.60. The first-order chi connectivity index (χ1) is 13.1. The molecule has 0 amide bonds. The monoisotopic (exact) mass is 364 g/mol. The number of rotatable bonds is 2. The summed E-state index contributed by atoms with van der Waals surface area (Å²) in [7, 11) is 0. The summed E-state index contributed by atoms with van der Waals surface area (Å²) in [5, 5.41) is 0. The van der Waals surface area contributed by atoms with E-state index < -0.39 is 0 Å². The number of carbonyl (C=O) groups is 1. The second-order valence-corrected chi connectivity index (χ2v) is 10.3. The van der Waals surface area contributed by atoms with Crippen LogP contribution in [0.3, 0.4) is 0 Å². The Balaban J connectivity index is 1.45. The zero-order valence-corrected chi connectivity index (χ0v) is 16.5. The van der Waals surface area contributed by atoms with E-state index >= 15 is 0 Å². The van der Waals surface area contributed by atoms with Crippen molar-refractivity contribution in [3.05, 3.63) is 36.5 Å². The maximum absolute atomic E-state index is 12.1. The zero-order valence-electron chi connectivity index (χ0n) is 16.5. The van der Waals surface area contributed by atoms with Crippen LogP contribution in [0.5, 0.6) is 0 Å². The van der Waals surface area contributed by atoms with Crippen LogP contribution in [0.1, 0.15) is 51.9 Å². The van der Waals surface area contributed by atoms with Crippen molar-refractivity contribution in [3.8, 4) is 0 Å². The van der Waals surface area contributed by atoms with Gasteiger partial charge in [0.2, 0.25) is 0 Å². The van der Waals surface area contributed by atoms with Crippen LogP contribution in [0.15, 0.2) is 36.5 Å². The van der Waals surface area contributed by atoms with Crippen molar-refractivity contribution in [2.45, 2.75) is 57.5 Å². The molecule has 1 heterocycles. The number of hydrogen-bond donors (Lipinski definition) is 0. The number of ketones is 1. The van der Waals surface area contributed by atoms with Gasteiger partial charge in [-0.15, -0.1) is 6.58 Å². The molecule has 0 aromatic rings. The topological polar surface area (TPSA) is 26.3 Å². The van der Waals surface area contributed by atoms with Gasteiger partial charge in [0, 0.05) is 11.8 Å². The van der Waals surface area contributed by atoms with Gasteiger partial charge in [0.1, 0.15) is 0 Å². The van der Waals surface area contributed by atoms with Crippen LogP contribution < -0.4 is 0 Å². The summed E-state index contributed by atoms with van der Waals surface area (Å²) in [6.45, 7) is 7.50. The molecule has 6 rings (SSSR count). The van der Waals surface area contributed by atoms with E-state index in [1.54, 1.807) is 0 Å². The average molecular weight is 365 g/mol. The van der Waals surface area contributed by atoms with Gasteiger partial charge in [0.05, 0.1) is 12.2 Å². The molecule has 4 saturated carbocycles. The van der Waals surface area contributed by atoms with E-state index in [1.807, 2.05) is 6.08 Å². The third-order valence-electron chi connectivity index (χ3n) is 9.83. The Bertz CT molecular complexity index is 762. The fourth-order valence-electron chi connectivity index (χ4n) is 9.00. The van der Waals surface area contributed by atoms with Crippen LogP contribution in [-0.2, 0) is 9.53 Å². The van der Waals surface area contributed by atoms with Crippen LogP contribution in [0.4, 0.5) is 0 Å². The molecule has 0 saturated heterocycles. The van der Waals surface area contributed by atoms with Gasteiger partial charge in [-0.2, -0.15) is 0 Å². The lowest BCUT2D eigenvalue weighted by Crippen LogP contribution is -2.57. The molecule has 144 valence electrons. The summed E-state index contributed by atoms with van der Waals surface area (Å²) in [6.07, 6.45) is 17.2. The number of carbonyl (C=O) groups excluding carboxylic acids is 1. The lowest BCUT2D eigenvalue weighted by molar-refractivity contribution is -0.148. The third kappa shape index (κ3) is 1.89. The Hall–Kier alpha value is -1.15. The minimum absolute atomic E-state index is 0.0341. The molecule has 0 aromatic heterocycles. The van der Waals surface area contributed by atoms with E-state index in [2.05, 4.69) is 31.7 Å². The second kappa shape index (κ2) is 5.47. The number of ether oxygens (including phenoxy) is 1. The quantitative estimate of drug-likeness (QED) is 0.636. The van der Waals surface area contributed by atoms with Crippen molar-refractivity contribution in [1.82, 2.24) is 0 Å². The lowest BCUT2D eigenvalue weighted by atomic mass is 9.46. The van der Waals surface area contributed by atoms with Crippen LogP contribution >= 0.6 is 0 Å². The number of allylic oxidation sites excluding steroid dienone is 2. The van der Waals surface area contributed by atoms with Gasteiger partial charge in [-0.25, -0.2) is 0 Å². The van der Waals surface area contributed by atoms with Gasteiger partial charge in [-0.3, -0.25) is 4.79 Å². The van der Waals surface area contributed by atoms with Gasteiger partial charge in [-0.1, -0.05) is 30.7 Å². The molecule has 2 heteroatoms. The summed E-state index contributed by atoms with van der Waals surface area (Å²) in [4.78, 5) is 12.1. The average Bonchev–Trinajstić information content (AvgIpc) is 3.26. The predicted molar refractivity (Wildman–Crippen MR) is 106 cm³/mol. The fraction of sp³-hybridized carbons (Fsp3) is 0.720. The first-order valence-corrected chi connectivity index (χ1v) is 11.3. The second-order valence-electron chi connectivity index (χ2n) is 10.3. The summed E-state index contributed by atoms with van der Waals surface area (Å²) < 4.78 is 6.60. The Morgan fingerprint density at radius 2 is 2.22 bits per heavy atom.